The van der Waals surface area contributed by atoms with Crippen LogP contribution in [0.15, 0.2) is 54.7 Å². The van der Waals surface area contributed by atoms with E-state index >= 15 is 0 Å². The van der Waals surface area contributed by atoms with Crippen LogP contribution in [0.4, 0.5) is 24.7 Å². The highest BCUT2D eigenvalue weighted by Crippen LogP contribution is 2.32. The molecule has 3 aromatic rings. The summed E-state index contributed by atoms with van der Waals surface area (Å²) >= 11 is 0. The standard InChI is InChI=1S/C27H29F3N4O5/c1-26(17-33-16-24(34(35)36)31-25(33)39-26)18-37-22-10-6-21(7-11-22)32-14-12-20(13-15-32)3-2-19-4-8-23(9-5-19)38-27(28,29)30/h4-11,16,20H,2-3,12-15,17-18H2,1H3/t26-/m1/s1. The van der Waals surface area contributed by atoms with Gasteiger partial charge in [-0.3, -0.25) is 4.57 Å². The Balaban J connectivity index is 1.04. The highest BCUT2D eigenvalue weighted by molar-refractivity contribution is 5.49. The van der Waals surface area contributed by atoms with Crippen molar-refractivity contribution in [3.8, 4) is 17.5 Å². The summed E-state index contributed by atoms with van der Waals surface area (Å²) < 4.78 is 54.3. The average Bonchev–Trinajstić information content (AvgIpc) is 3.43. The van der Waals surface area contributed by atoms with Gasteiger partial charge in [0, 0.05) is 23.8 Å². The highest BCUT2D eigenvalue weighted by atomic mass is 19.4. The zero-order valence-electron chi connectivity index (χ0n) is 21.4. The lowest BCUT2D eigenvalue weighted by Gasteiger charge is -2.34. The van der Waals surface area contributed by atoms with Crippen molar-refractivity contribution in [2.24, 2.45) is 5.92 Å². The molecule has 0 saturated carbocycles. The van der Waals surface area contributed by atoms with Crippen molar-refractivity contribution in [3.63, 3.8) is 0 Å². The lowest BCUT2D eigenvalue weighted by molar-refractivity contribution is -0.389. The van der Waals surface area contributed by atoms with Gasteiger partial charge in [0.1, 0.15) is 24.3 Å². The number of aromatic nitrogens is 2. The molecule has 0 bridgehead atoms. The number of hydrogen-bond donors (Lipinski definition) is 0. The van der Waals surface area contributed by atoms with Crippen LogP contribution in [0.5, 0.6) is 17.5 Å². The number of fused-ring (bicyclic) bond motifs is 1. The van der Waals surface area contributed by atoms with E-state index in [4.69, 9.17) is 9.47 Å². The van der Waals surface area contributed by atoms with E-state index in [-0.39, 0.29) is 24.2 Å². The molecule has 208 valence electrons. The summed E-state index contributed by atoms with van der Waals surface area (Å²) in [6, 6.07) is 14.3. The molecule has 9 nitrogen and oxygen atoms in total. The first-order valence-corrected chi connectivity index (χ1v) is 12.8. The second kappa shape index (κ2) is 10.7. The smallest absolute Gasteiger partial charge is 0.489 e. The summed E-state index contributed by atoms with van der Waals surface area (Å²) in [7, 11) is 0. The van der Waals surface area contributed by atoms with Gasteiger partial charge in [0.25, 0.3) is 0 Å². The number of alkyl halides is 3. The van der Waals surface area contributed by atoms with Crippen LogP contribution in [0.25, 0.3) is 0 Å². The van der Waals surface area contributed by atoms with Crippen LogP contribution in [0.3, 0.4) is 0 Å². The third-order valence-electron chi connectivity index (χ3n) is 7.12. The fourth-order valence-corrected chi connectivity index (χ4v) is 5.05. The molecule has 2 aromatic carbocycles. The number of aryl methyl sites for hydroxylation is 1. The van der Waals surface area contributed by atoms with E-state index in [1.54, 1.807) is 16.7 Å². The third kappa shape index (κ3) is 6.73. The van der Waals surface area contributed by atoms with Gasteiger partial charge >= 0.3 is 18.2 Å². The van der Waals surface area contributed by atoms with Gasteiger partial charge in [0.2, 0.25) is 0 Å². The minimum absolute atomic E-state index is 0.196. The molecule has 0 spiro atoms. The lowest BCUT2D eigenvalue weighted by atomic mass is 9.90. The largest absolute Gasteiger partial charge is 0.573 e. The fraction of sp³-hybridized carbons (Fsp3) is 0.444. The molecular weight excluding hydrogens is 517 g/mol. The zero-order valence-corrected chi connectivity index (χ0v) is 21.4. The van der Waals surface area contributed by atoms with Gasteiger partial charge in [-0.25, -0.2) is 0 Å². The number of imidazole rings is 1. The van der Waals surface area contributed by atoms with Crippen molar-refractivity contribution in [1.29, 1.82) is 0 Å². The molecule has 0 unspecified atom stereocenters. The first-order chi connectivity index (χ1) is 18.6. The first-order valence-electron chi connectivity index (χ1n) is 12.8. The molecule has 1 saturated heterocycles. The molecule has 39 heavy (non-hydrogen) atoms. The monoisotopic (exact) mass is 546 g/mol. The number of anilines is 1. The van der Waals surface area contributed by atoms with Crippen molar-refractivity contribution in [2.75, 3.05) is 24.6 Å². The number of nitrogens with zero attached hydrogens (tertiary/aromatic N) is 4. The molecule has 1 atom stereocenters. The second-order valence-corrected chi connectivity index (χ2v) is 10.3. The molecule has 0 amide bonds. The Morgan fingerprint density at radius 2 is 1.77 bits per heavy atom. The average molecular weight is 547 g/mol. The van der Waals surface area contributed by atoms with Crippen molar-refractivity contribution in [2.45, 2.75) is 51.1 Å². The molecule has 3 heterocycles. The molecule has 2 aliphatic heterocycles. The molecule has 12 heteroatoms. The number of rotatable bonds is 9. The quantitative estimate of drug-likeness (QED) is 0.249. The Bertz CT molecular complexity index is 1260. The third-order valence-corrected chi connectivity index (χ3v) is 7.12. The lowest BCUT2D eigenvalue weighted by Crippen LogP contribution is -2.38. The minimum Gasteiger partial charge on any atom is -0.489 e. The second-order valence-electron chi connectivity index (χ2n) is 10.3. The van der Waals surface area contributed by atoms with Gasteiger partial charge in [0.15, 0.2) is 5.60 Å². The molecule has 1 aromatic heterocycles. The summed E-state index contributed by atoms with van der Waals surface area (Å²) in [5.41, 5.74) is 1.46. The van der Waals surface area contributed by atoms with Gasteiger partial charge in [0.05, 0.1) is 6.54 Å². The van der Waals surface area contributed by atoms with Crippen LogP contribution in [-0.2, 0) is 13.0 Å². The SMILES string of the molecule is C[C@]1(COc2ccc(N3CCC(CCc4ccc(OC(F)(F)F)cc4)CC3)cc2)Cn2cc([N+](=O)[O-])nc2O1. The predicted molar refractivity (Wildman–Crippen MR) is 136 cm³/mol. The van der Waals surface area contributed by atoms with E-state index < -0.39 is 16.9 Å². The molecule has 0 aliphatic carbocycles. The topological polar surface area (TPSA) is 91.9 Å². The van der Waals surface area contributed by atoms with Gasteiger partial charge in [-0.2, -0.15) is 0 Å². The fourth-order valence-electron chi connectivity index (χ4n) is 5.05. The van der Waals surface area contributed by atoms with Gasteiger partial charge in [-0.1, -0.05) is 12.1 Å². The van der Waals surface area contributed by atoms with Crippen LogP contribution in [-0.4, -0.2) is 46.1 Å². The van der Waals surface area contributed by atoms with E-state index in [1.165, 1.54) is 18.3 Å². The van der Waals surface area contributed by atoms with E-state index in [9.17, 15) is 23.3 Å². The van der Waals surface area contributed by atoms with Crippen molar-refractivity contribution < 1.29 is 32.3 Å². The Kier molecular flexibility index (Phi) is 7.28. The number of nitro groups is 1. The minimum atomic E-state index is -4.67. The molecule has 2 aliphatic rings. The van der Waals surface area contributed by atoms with Crippen LogP contribution in [0.2, 0.25) is 0 Å². The molecule has 5 rings (SSSR count). The summed E-state index contributed by atoms with van der Waals surface area (Å²) in [6.07, 6.45) is 0.614. The van der Waals surface area contributed by atoms with Crippen molar-refractivity contribution >= 4 is 11.5 Å². The predicted octanol–water partition coefficient (Wildman–Crippen LogP) is 5.77. The maximum Gasteiger partial charge on any atom is 0.573 e. The Morgan fingerprint density at radius 3 is 2.38 bits per heavy atom. The Hall–Kier alpha value is -3.96. The van der Waals surface area contributed by atoms with Crippen molar-refractivity contribution in [3.05, 3.63) is 70.4 Å². The normalized spacial score (nSPS) is 19.4. The van der Waals surface area contributed by atoms with Crippen LogP contribution in [0, 0.1) is 16.0 Å². The number of halogens is 3. The van der Waals surface area contributed by atoms with Crippen LogP contribution in [0.1, 0.15) is 31.7 Å². The molecule has 1 fully saturated rings. The van der Waals surface area contributed by atoms with Crippen LogP contribution >= 0.6 is 0 Å². The number of benzene rings is 2. The molecule has 0 N–H and O–H groups in total. The Morgan fingerprint density at radius 1 is 1.10 bits per heavy atom. The van der Waals surface area contributed by atoms with E-state index in [0.717, 1.165) is 50.0 Å². The maximum atomic E-state index is 12.3. The summed E-state index contributed by atoms with van der Waals surface area (Å²) in [6.45, 7) is 4.43. The number of hydrogen-bond acceptors (Lipinski definition) is 7. The molecule has 0 radical (unpaired) electrons. The highest BCUT2D eigenvalue weighted by Gasteiger charge is 2.41. The van der Waals surface area contributed by atoms with E-state index in [0.29, 0.717) is 18.2 Å². The van der Waals surface area contributed by atoms with E-state index in [1.807, 2.05) is 31.2 Å². The maximum absolute atomic E-state index is 12.3. The van der Waals surface area contributed by atoms with Crippen LogP contribution < -0.4 is 19.1 Å². The Labute approximate surface area is 223 Å². The summed E-state index contributed by atoms with van der Waals surface area (Å²) in [4.78, 5) is 16.6. The van der Waals surface area contributed by atoms with Gasteiger partial charge in [-0.15, -0.1) is 13.2 Å². The van der Waals surface area contributed by atoms with Crippen molar-refractivity contribution in [1.82, 2.24) is 9.55 Å². The zero-order chi connectivity index (χ0) is 27.6. The summed E-state index contributed by atoms with van der Waals surface area (Å²) in [5, 5.41) is 10.9. The van der Waals surface area contributed by atoms with Gasteiger partial charge in [-0.05, 0) is 85.4 Å². The number of piperidine rings is 1. The molecular formula is C27H29F3N4O5. The summed E-state index contributed by atoms with van der Waals surface area (Å²) in [5.74, 6) is 0.845. The van der Waals surface area contributed by atoms with Gasteiger partial charge < -0.3 is 29.2 Å². The first kappa shape index (κ1) is 26.6. The number of ether oxygens (including phenoxy) is 3. The van der Waals surface area contributed by atoms with E-state index in [2.05, 4.69) is 14.6 Å².